The summed E-state index contributed by atoms with van der Waals surface area (Å²) in [5.74, 6) is -0.445. The van der Waals surface area contributed by atoms with Crippen molar-refractivity contribution in [1.82, 2.24) is 4.31 Å². The van der Waals surface area contributed by atoms with Gasteiger partial charge in [0.15, 0.2) is 0 Å². The molecule has 0 saturated heterocycles. The average Bonchev–Trinajstić information content (AvgIpc) is 3.27. The van der Waals surface area contributed by atoms with Gasteiger partial charge in [-0.2, -0.15) is 4.31 Å². The Hall–Kier alpha value is -3.49. The number of sulfonamides is 1. The zero-order valence-electron chi connectivity index (χ0n) is 19.4. The molecule has 1 aliphatic rings. The molecule has 0 unspecified atom stereocenters. The lowest BCUT2D eigenvalue weighted by Gasteiger charge is -2.21. The fourth-order valence-electron chi connectivity index (χ4n) is 3.83. The van der Waals surface area contributed by atoms with Gasteiger partial charge in [-0.3, -0.25) is 9.59 Å². The van der Waals surface area contributed by atoms with Gasteiger partial charge in [0.25, 0.3) is 11.8 Å². The van der Waals surface area contributed by atoms with Crippen LogP contribution in [0.2, 0.25) is 0 Å². The van der Waals surface area contributed by atoms with Gasteiger partial charge in [-0.25, -0.2) is 8.42 Å². The van der Waals surface area contributed by atoms with Gasteiger partial charge in [-0.1, -0.05) is 18.2 Å². The lowest BCUT2D eigenvalue weighted by molar-refractivity contribution is 0.0988. The van der Waals surface area contributed by atoms with E-state index in [1.165, 1.54) is 35.6 Å². The van der Waals surface area contributed by atoms with Gasteiger partial charge >= 0.3 is 0 Å². The Kier molecular flexibility index (Phi) is 6.54. The van der Waals surface area contributed by atoms with Crippen molar-refractivity contribution in [3.8, 4) is 0 Å². The maximum absolute atomic E-state index is 13.0. The van der Waals surface area contributed by atoms with Crippen LogP contribution in [0.1, 0.15) is 40.1 Å². The van der Waals surface area contributed by atoms with Crippen molar-refractivity contribution in [3.63, 3.8) is 0 Å². The van der Waals surface area contributed by atoms with Gasteiger partial charge in [0.2, 0.25) is 10.0 Å². The van der Waals surface area contributed by atoms with Crippen LogP contribution >= 0.6 is 0 Å². The summed E-state index contributed by atoms with van der Waals surface area (Å²) in [5.41, 5.74) is 3.52. The second-order valence-corrected chi connectivity index (χ2v) is 10.5. The molecular formula is C26H27N3O4S. The smallest absolute Gasteiger partial charge is 0.258 e. The second kappa shape index (κ2) is 9.40. The third-order valence-corrected chi connectivity index (χ3v) is 8.09. The van der Waals surface area contributed by atoms with Gasteiger partial charge < -0.3 is 10.2 Å². The number of benzene rings is 3. The molecule has 4 rings (SSSR count). The van der Waals surface area contributed by atoms with Crippen LogP contribution in [-0.4, -0.2) is 44.2 Å². The Morgan fingerprint density at radius 2 is 1.53 bits per heavy atom. The summed E-state index contributed by atoms with van der Waals surface area (Å²) in [6, 6.07) is 20.3. The van der Waals surface area contributed by atoms with E-state index in [1.54, 1.807) is 43.0 Å². The third-order valence-electron chi connectivity index (χ3n) is 6.04. The molecule has 3 aromatic rings. The van der Waals surface area contributed by atoms with Crippen molar-refractivity contribution < 1.29 is 18.0 Å². The first-order chi connectivity index (χ1) is 16.2. The molecule has 7 nitrogen and oxygen atoms in total. The molecule has 3 aromatic carbocycles. The third kappa shape index (κ3) is 4.60. The molecule has 0 bridgehead atoms. The fourth-order valence-corrected chi connectivity index (χ4v) is 5.19. The Morgan fingerprint density at radius 1 is 0.912 bits per heavy atom. The summed E-state index contributed by atoms with van der Waals surface area (Å²) in [6.07, 6.45) is 0.837. The molecule has 1 aliphatic heterocycles. The second-order valence-electron chi connectivity index (χ2n) is 8.51. The Bertz CT molecular complexity index is 1320. The first-order valence-corrected chi connectivity index (χ1v) is 12.5. The normalized spacial score (nSPS) is 13.3. The number of hydrogen-bond acceptors (Lipinski definition) is 4. The van der Waals surface area contributed by atoms with Crippen LogP contribution in [0.4, 0.5) is 11.4 Å². The first kappa shape index (κ1) is 23.7. The maximum atomic E-state index is 13.0. The van der Waals surface area contributed by atoms with E-state index in [4.69, 9.17) is 0 Å². The molecule has 8 heteroatoms. The summed E-state index contributed by atoms with van der Waals surface area (Å²) in [6.45, 7) is 4.24. The number of carbonyl (C=O) groups is 2. The van der Waals surface area contributed by atoms with Gasteiger partial charge in [0, 0.05) is 42.1 Å². The monoisotopic (exact) mass is 477 g/mol. The van der Waals surface area contributed by atoms with Crippen molar-refractivity contribution in [2.24, 2.45) is 0 Å². The predicted octanol–water partition coefficient (Wildman–Crippen LogP) is 4.17. The highest BCUT2D eigenvalue weighted by molar-refractivity contribution is 7.89. The number of nitrogens with one attached hydrogen (secondary N) is 1. The lowest BCUT2D eigenvalue weighted by atomic mass is 10.1. The molecule has 34 heavy (non-hydrogen) atoms. The number of para-hydroxylation sites is 1. The van der Waals surface area contributed by atoms with Crippen molar-refractivity contribution in [1.29, 1.82) is 0 Å². The van der Waals surface area contributed by atoms with E-state index in [0.717, 1.165) is 17.7 Å². The molecule has 0 saturated carbocycles. The van der Waals surface area contributed by atoms with Gasteiger partial charge in [-0.05, 0) is 80.4 Å². The molecule has 2 amide bonds. The van der Waals surface area contributed by atoms with Crippen molar-refractivity contribution in [2.45, 2.75) is 31.2 Å². The summed E-state index contributed by atoms with van der Waals surface area (Å²) in [7, 11) is -2.09. The van der Waals surface area contributed by atoms with Gasteiger partial charge in [0.05, 0.1) is 4.90 Å². The molecule has 1 heterocycles. The minimum absolute atomic E-state index is 0.0778. The van der Waals surface area contributed by atoms with Crippen molar-refractivity contribution >= 4 is 33.2 Å². The molecule has 0 aromatic heterocycles. The molecule has 0 fully saturated rings. The largest absolute Gasteiger partial charge is 0.322 e. The van der Waals surface area contributed by atoms with Gasteiger partial charge in [0.1, 0.15) is 0 Å². The molecule has 1 N–H and O–H groups in total. The van der Waals surface area contributed by atoms with E-state index < -0.39 is 10.0 Å². The van der Waals surface area contributed by atoms with E-state index in [-0.39, 0.29) is 22.8 Å². The molecule has 0 atom stereocenters. The number of hydrogen-bond donors (Lipinski definition) is 1. The number of carbonyl (C=O) groups excluding carboxylic acids is 2. The summed E-state index contributed by atoms with van der Waals surface area (Å²) in [5, 5.41) is 2.79. The maximum Gasteiger partial charge on any atom is 0.258 e. The zero-order chi connectivity index (χ0) is 24.5. The number of fused-ring (bicyclic) bond motifs is 1. The highest BCUT2D eigenvalue weighted by Gasteiger charge is 2.25. The molecule has 0 radical (unpaired) electrons. The topological polar surface area (TPSA) is 86.8 Å². The minimum atomic E-state index is -3.61. The summed E-state index contributed by atoms with van der Waals surface area (Å²) in [4.78, 5) is 27.5. The number of rotatable bonds is 6. The minimum Gasteiger partial charge on any atom is -0.322 e. The predicted molar refractivity (Wildman–Crippen MR) is 133 cm³/mol. The van der Waals surface area contributed by atoms with Crippen LogP contribution in [0.15, 0.2) is 77.7 Å². The van der Waals surface area contributed by atoms with E-state index >= 15 is 0 Å². The molecular weight excluding hydrogens is 450 g/mol. The lowest BCUT2D eigenvalue weighted by Crippen LogP contribution is -2.33. The fraction of sp³-hybridized carbons (Fsp3) is 0.231. The zero-order valence-corrected chi connectivity index (χ0v) is 20.2. The van der Waals surface area contributed by atoms with E-state index in [2.05, 4.69) is 5.32 Å². The Balaban J connectivity index is 1.43. The summed E-state index contributed by atoms with van der Waals surface area (Å²) >= 11 is 0. The Morgan fingerprint density at radius 3 is 2.18 bits per heavy atom. The van der Waals surface area contributed by atoms with E-state index in [1.807, 2.05) is 24.3 Å². The standard InChI is InChI=1S/C26H27N3O4S/c1-18(2)28(3)34(32,33)23-14-10-20(11-15-23)25(30)27-22-12-8-21(9-13-22)26(31)29-17-16-19-6-4-5-7-24(19)29/h4-15,18H,16-17H2,1-3H3,(H,27,30). The van der Waals surface area contributed by atoms with E-state index in [0.29, 0.717) is 23.4 Å². The quantitative estimate of drug-likeness (QED) is 0.577. The summed E-state index contributed by atoms with van der Waals surface area (Å²) < 4.78 is 26.5. The van der Waals surface area contributed by atoms with Crippen LogP contribution in [0, 0.1) is 0 Å². The SMILES string of the molecule is CC(C)N(C)S(=O)(=O)c1ccc(C(=O)Nc2ccc(C(=O)N3CCc4ccccc43)cc2)cc1. The molecule has 0 aliphatic carbocycles. The average molecular weight is 478 g/mol. The van der Waals surface area contributed by atoms with E-state index in [9.17, 15) is 18.0 Å². The van der Waals surface area contributed by atoms with Crippen LogP contribution in [0.25, 0.3) is 0 Å². The van der Waals surface area contributed by atoms with Crippen molar-refractivity contribution in [2.75, 3.05) is 23.8 Å². The first-order valence-electron chi connectivity index (χ1n) is 11.1. The highest BCUT2D eigenvalue weighted by atomic mass is 32.2. The molecule has 176 valence electrons. The van der Waals surface area contributed by atoms with Gasteiger partial charge in [-0.15, -0.1) is 0 Å². The van der Waals surface area contributed by atoms with Crippen molar-refractivity contribution in [3.05, 3.63) is 89.5 Å². The number of nitrogens with zero attached hydrogens (tertiary/aromatic N) is 2. The molecule has 0 spiro atoms. The van der Waals surface area contributed by atoms with Crippen LogP contribution in [-0.2, 0) is 16.4 Å². The van der Waals surface area contributed by atoms with Crippen LogP contribution in [0.3, 0.4) is 0 Å². The van der Waals surface area contributed by atoms with Crippen LogP contribution in [0.5, 0.6) is 0 Å². The highest BCUT2D eigenvalue weighted by Crippen LogP contribution is 2.29. The Labute approximate surface area is 200 Å². The van der Waals surface area contributed by atoms with Crippen LogP contribution < -0.4 is 10.2 Å². The number of anilines is 2. The number of amides is 2.